The number of rotatable bonds is 6. The maximum Gasteiger partial charge on any atom is 0.247 e. The quantitative estimate of drug-likeness (QED) is 0.573. The Morgan fingerprint density at radius 3 is 2.48 bits per heavy atom. The minimum absolute atomic E-state index is 0.0104. The molecule has 0 saturated carbocycles. The Labute approximate surface area is 163 Å². The number of hydrogen-bond donors (Lipinski definition) is 0. The summed E-state index contributed by atoms with van der Waals surface area (Å²) in [6.45, 7) is 4.14. The van der Waals surface area contributed by atoms with Crippen molar-refractivity contribution in [3.05, 3.63) is 77.2 Å². The zero-order valence-electron chi connectivity index (χ0n) is 15.2. The number of nitrogens with zero attached hydrogens (tertiary/aromatic N) is 3. The van der Waals surface area contributed by atoms with Gasteiger partial charge in [0.2, 0.25) is 17.7 Å². The molecule has 2 aromatic carbocycles. The fraction of sp³-hybridized carbons (Fsp3) is 0.190. The molecule has 0 saturated heterocycles. The van der Waals surface area contributed by atoms with Crippen LogP contribution in [0.25, 0.3) is 17.5 Å². The lowest BCUT2D eigenvalue weighted by atomic mass is 10.2. The van der Waals surface area contributed by atoms with E-state index in [9.17, 15) is 4.79 Å². The van der Waals surface area contributed by atoms with Crippen molar-refractivity contribution in [1.29, 1.82) is 0 Å². The first-order valence-corrected chi connectivity index (χ1v) is 9.03. The number of hydrogen-bond acceptors (Lipinski definition) is 4. The van der Waals surface area contributed by atoms with Crippen LogP contribution in [0.5, 0.6) is 0 Å². The Morgan fingerprint density at radius 2 is 1.81 bits per heavy atom. The molecule has 0 unspecified atom stereocenters. The summed E-state index contributed by atoms with van der Waals surface area (Å²) in [7, 11) is 0. The molecule has 0 atom stereocenters. The third-order valence-electron chi connectivity index (χ3n) is 3.99. The average molecular weight is 382 g/mol. The molecule has 0 aliphatic rings. The largest absolute Gasteiger partial charge is 0.419 e. The zero-order valence-corrected chi connectivity index (χ0v) is 15.9. The molecule has 5 nitrogen and oxygen atoms in total. The van der Waals surface area contributed by atoms with Gasteiger partial charge in [-0.25, -0.2) is 0 Å². The van der Waals surface area contributed by atoms with Crippen LogP contribution in [0.3, 0.4) is 0 Å². The van der Waals surface area contributed by atoms with Crippen molar-refractivity contribution in [2.24, 2.45) is 0 Å². The van der Waals surface area contributed by atoms with Crippen molar-refractivity contribution < 1.29 is 9.21 Å². The van der Waals surface area contributed by atoms with Crippen molar-refractivity contribution >= 4 is 23.6 Å². The van der Waals surface area contributed by atoms with E-state index in [0.29, 0.717) is 16.8 Å². The number of amides is 1. The fourth-order valence-electron chi connectivity index (χ4n) is 2.51. The van der Waals surface area contributed by atoms with Gasteiger partial charge < -0.3 is 9.32 Å². The summed E-state index contributed by atoms with van der Waals surface area (Å²) >= 11 is 5.90. The maximum atomic E-state index is 12.6. The van der Waals surface area contributed by atoms with Crippen molar-refractivity contribution in [3.63, 3.8) is 0 Å². The first kappa shape index (κ1) is 18.9. The smallest absolute Gasteiger partial charge is 0.247 e. The Bertz CT molecular complexity index is 918. The molecular formula is C21H20ClN3O2. The van der Waals surface area contributed by atoms with Crippen LogP contribution in [0.4, 0.5) is 0 Å². The number of carbonyl (C=O) groups is 1. The summed E-state index contributed by atoms with van der Waals surface area (Å²) in [5.74, 6) is 0.674. The Balaban J connectivity index is 1.72. The Kier molecular flexibility index (Phi) is 6.04. The number of benzene rings is 2. The summed E-state index contributed by atoms with van der Waals surface area (Å²) in [4.78, 5) is 14.3. The molecule has 0 aliphatic heterocycles. The van der Waals surface area contributed by atoms with Gasteiger partial charge in [0.05, 0.1) is 6.54 Å². The SMILES string of the molecule is CC(C)N(Cc1nnc(-c2ccc(Cl)cc2)o1)C(=O)/C=C/c1ccccc1. The van der Waals surface area contributed by atoms with Gasteiger partial charge in [0, 0.05) is 22.7 Å². The van der Waals surface area contributed by atoms with Gasteiger partial charge in [-0.15, -0.1) is 10.2 Å². The molecule has 0 spiro atoms. The molecule has 6 heteroatoms. The molecule has 0 fully saturated rings. The van der Waals surface area contributed by atoms with E-state index in [1.54, 1.807) is 29.2 Å². The van der Waals surface area contributed by atoms with E-state index in [2.05, 4.69) is 10.2 Å². The van der Waals surface area contributed by atoms with Crippen LogP contribution >= 0.6 is 11.6 Å². The van der Waals surface area contributed by atoms with Gasteiger partial charge in [-0.05, 0) is 49.8 Å². The summed E-state index contributed by atoms with van der Waals surface area (Å²) in [5, 5.41) is 8.78. The Morgan fingerprint density at radius 1 is 1.11 bits per heavy atom. The molecule has 0 aliphatic carbocycles. The topological polar surface area (TPSA) is 59.2 Å². The second kappa shape index (κ2) is 8.64. The van der Waals surface area contributed by atoms with E-state index in [1.165, 1.54) is 0 Å². The van der Waals surface area contributed by atoms with Crippen molar-refractivity contribution in [2.45, 2.75) is 26.4 Å². The lowest BCUT2D eigenvalue weighted by molar-refractivity contribution is -0.128. The highest BCUT2D eigenvalue weighted by Crippen LogP contribution is 2.21. The van der Waals surface area contributed by atoms with Crippen LogP contribution in [-0.4, -0.2) is 27.0 Å². The molecule has 138 valence electrons. The van der Waals surface area contributed by atoms with E-state index >= 15 is 0 Å². The normalized spacial score (nSPS) is 11.3. The van der Waals surface area contributed by atoms with Gasteiger partial charge in [-0.1, -0.05) is 41.9 Å². The minimum atomic E-state index is -0.111. The number of carbonyl (C=O) groups excluding carboxylic acids is 1. The third-order valence-corrected chi connectivity index (χ3v) is 4.24. The van der Waals surface area contributed by atoms with Gasteiger partial charge in [-0.3, -0.25) is 4.79 Å². The molecule has 1 heterocycles. The van der Waals surface area contributed by atoms with E-state index in [4.69, 9.17) is 16.0 Å². The summed E-state index contributed by atoms with van der Waals surface area (Å²) in [6.07, 6.45) is 3.36. The monoisotopic (exact) mass is 381 g/mol. The summed E-state index contributed by atoms with van der Waals surface area (Å²) in [6, 6.07) is 16.8. The lowest BCUT2D eigenvalue weighted by Gasteiger charge is -2.23. The molecule has 27 heavy (non-hydrogen) atoms. The highest BCUT2D eigenvalue weighted by molar-refractivity contribution is 6.30. The average Bonchev–Trinajstić information content (AvgIpc) is 3.14. The second-order valence-electron chi connectivity index (χ2n) is 6.31. The minimum Gasteiger partial charge on any atom is -0.419 e. The van der Waals surface area contributed by atoms with E-state index in [0.717, 1.165) is 11.1 Å². The zero-order chi connectivity index (χ0) is 19.2. The molecule has 3 rings (SSSR count). The molecular weight excluding hydrogens is 362 g/mol. The van der Waals surface area contributed by atoms with Gasteiger partial charge in [0.1, 0.15) is 0 Å². The van der Waals surface area contributed by atoms with Crippen LogP contribution in [-0.2, 0) is 11.3 Å². The molecule has 0 bridgehead atoms. The van der Waals surface area contributed by atoms with Gasteiger partial charge in [0.15, 0.2) is 0 Å². The highest BCUT2D eigenvalue weighted by Gasteiger charge is 2.19. The van der Waals surface area contributed by atoms with Crippen molar-refractivity contribution in [3.8, 4) is 11.5 Å². The number of aromatic nitrogens is 2. The molecule has 0 radical (unpaired) electrons. The lowest BCUT2D eigenvalue weighted by Crippen LogP contribution is -2.35. The van der Waals surface area contributed by atoms with E-state index < -0.39 is 0 Å². The van der Waals surface area contributed by atoms with Crippen LogP contribution in [0.2, 0.25) is 5.02 Å². The van der Waals surface area contributed by atoms with Crippen LogP contribution in [0.1, 0.15) is 25.3 Å². The van der Waals surface area contributed by atoms with E-state index in [-0.39, 0.29) is 18.5 Å². The van der Waals surface area contributed by atoms with Crippen LogP contribution in [0, 0.1) is 0 Å². The fourth-order valence-corrected chi connectivity index (χ4v) is 2.64. The first-order valence-electron chi connectivity index (χ1n) is 8.65. The van der Waals surface area contributed by atoms with Gasteiger partial charge >= 0.3 is 0 Å². The van der Waals surface area contributed by atoms with Crippen LogP contribution in [0.15, 0.2) is 65.1 Å². The molecule has 3 aromatic rings. The highest BCUT2D eigenvalue weighted by atomic mass is 35.5. The van der Waals surface area contributed by atoms with E-state index in [1.807, 2.05) is 56.3 Å². The standard InChI is InChI=1S/C21H20ClN3O2/c1-15(2)25(20(26)13-8-16-6-4-3-5-7-16)14-19-23-24-21(27-19)17-9-11-18(22)12-10-17/h3-13,15H,14H2,1-2H3/b13-8+. The predicted octanol–water partition coefficient (Wildman–Crippen LogP) is 4.84. The number of halogens is 1. The van der Waals surface area contributed by atoms with Crippen LogP contribution < -0.4 is 0 Å². The van der Waals surface area contributed by atoms with Gasteiger partial charge in [0.25, 0.3) is 0 Å². The second-order valence-corrected chi connectivity index (χ2v) is 6.75. The molecule has 1 aromatic heterocycles. The van der Waals surface area contributed by atoms with Crippen molar-refractivity contribution in [1.82, 2.24) is 15.1 Å². The third kappa shape index (κ3) is 5.05. The Hall–Kier alpha value is -2.92. The maximum absolute atomic E-state index is 12.6. The van der Waals surface area contributed by atoms with Gasteiger partial charge in [-0.2, -0.15) is 0 Å². The van der Waals surface area contributed by atoms with Crippen molar-refractivity contribution in [2.75, 3.05) is 0 Å². The molecule has 0 N–H and O–H groups in total. The predicted molar refractivity (Wildman–Crippen MR) is 106 cm³/mol. The first-order chi connectivity index (χ1) is 13.0. The summed E-state index contributed by atoms with van der Waals surface area (Å²) < 4.78 is 5.72. The molecule has 1 amide bonds. The summed E-state index contributed by atoms with van der Waals surface area (Å²) in [5.41, 5.74) is 1.75.